The molecule has 1 unspecified atom stereocenters. The number of rotatable bonds is 6. The first-order chi connectivity index (χ1) is 15.9. The lowest BCUT2D eigenvalue weighted by Crippen LogP contribution is -2.60. The van der Waals surface area contributed by atoms with Crippen LogP contribution >= 0.6 is 0 Å². The van der Waals surface area contributed by atoms with Crippen molar-refractivity contribution in [1.82, 2.24) is 15.1 Å². The second-order valence-electron chi connectivity index (χ2n) is 9.38. The highest BCUT2D eigenvalue weighted by molar-refractivity contribution is 6.23. The normalized spacial score (nSPS) is 28.2. The lowest BCUT2D eigenvalue weighted by molar-refractivity contribution is -0.136. The molecule has 1 N–H and O–H groups in total. The van der Waals surface area contributed by atoms with Gasteiger partial charge in [0.2, 0.25) is 11.8 Å². The largest absolute Gasteiger partial charge is 0.376 e. The van der Waals surface area contributed by atoms with Crippen molar-refractivity contribution in [3.63, 3.8) is 0 Å². The first-order valence-electron chi connectivity index (χ1n) is 11.8. The van der Waals surface area contributed by atoms with E-state index in [1.54, 1.807) is 12.1 Å². The van der Waals surface area contributed by atoms with Crippen LogP contribution in [-0.4, -0.2) is 84.4 Å². The average Bonchev–Trinajstić information content (AvgIpc) is 3.34. The number of carbonyl (C=O) groups excluding carboxylic acids is 4. The van der Waals surface area contributed by atoms with Gasteiger partial charge in [-0.25, -0.2) is 0 Å². The number of carbonyl (C=O) groups is 4. The molecule has 2 saturated heterocycles. The monoisotopic (exact) mass is 454 g/mol. The molecule has 5 rings (SSSR count). The van der Waals surface area contributed by atoms with E-state index >= 15 is 0 Å². The molecule has 3 atom stereocenters. The van der Waals surface area contributed by atoms with Crippen LogP contribution in [0.1, 0.15) is 59.7 Å². The van der Waals surface area contributed by atoms with E-state index in [1.165, 1.54) is 0 Å². The molecular formula is C24H30N4O5. The van der Waals surface area contributed by atoms with Gasteiger partial charge in [-0.3, -0.25) is 34.3 Å². The summed E-state index contributed by atoms with van der Waals surface area (Å²) in [6, 6.07) is 5.16. The Morgan fingerprint density at radius 2 is 1.82 bits per heavy atom. The number of nitrogens with one attached hydrogen (secondary N) is 1. The number of nitrogens with zero attached hydrogens (tertiary/aromatic N) is 3. The van der Waals surface area contributed by atoms with E-state index in [9.17, 15) is 19.2 Å². The third-order valence-electron chi connectivity index (χ3n) is 7.52. The summed E-state index contributed by atoms with van der Waals surface area (Å²) in [6.45, 7) is 4.68. The molecule has 9 nitrogen and oxygen atoms in total. The van der Waals surface area contributed by atoms with Crippen LogP contribution in [0.3, 0.4) is 0 Å². The summed E-state index contributed by atoms with van der Waals surface area (Å²) in [5.74, 6) is -1.91. The SMILES string of the molecule is CCOC1CN([C@@H]2CCC[C@@H]2N(C)c2ccc3c(c2)C(=O)N(C2CCC(=O)NC2=O)C3=O)C1. The van der Waals surface area contributed by atoms with Crippen LogP contribution in [0.15, 0.2) is 18.2 Å². The van der Waals surface area contributed by atoms with E-state index in [-0.39, 0.29) is 18.7 Å². The zero-order chi connectivity index (χ0) is 23.3. The number of hydrogen-bond donors (Lipinski definition) is 1. The van der Waals surface area contributed by atoms with Gasteiger partial charge in [-0.15, -0.1) is 0 Å². The van der Waals surface area contributed by atoms with Gasteiger partial charge in [-0.05, 0) is 50.8 Å². The topological polar surface area (TPSA) is 99.3 Å². The molecule has 1 aromatic rings. The van der Waals surface area contributed by atoms with E-state index < -0.39 is 23.8 Å². The van der Waals surface area contributed by atoms with Crippen LogP contribution in [-0.2, 0) is 14.3 Å². The molecule has 1 aliphatic carbocycles. The van der Waals surface area contributed by atoms with Crippen molar-refractivity contribution in [2.75, 3.05) is 31.6 Å². The van der Waals surface area contributed by atoms with Crippen molar-refractivity contribution in [3.8, 4) is 0 Å². The number of likely N-dealkylation sites (tertiary alicyclic amines) is 1. The fourth-order valence-electron chi connectivity index (χ4n) is 5.75. The quantitative estimate of drug-likeness (QED) is 0.644. The molecule has 3 aliphatic heterocycles. The van der Waals surface area contributed by atoms with Crippen molar-refractivity contribution >= 4 is 29.3 Å². The molecule has 0 radical (unpaired) electrons. The highest BCUT2D eigenvalue weighted by atomic mass is 16.5. The molecule has 0 spiro atoms. The molecule has 1 saturated carbocycles. The Labute approximate surface area is 193 Å². The van der Waals surface area contributed by atoms with E-state index in [4.69, 9.17) is 4.74 Å². The Balaban J connectivity index is 1.33. The fourth-order valence-corrected chi connectivity index (χ4v) is 5.75. The van der Waals surface area contributed by atoms with Crippen LogP contribution in [0, 0.1) is 0 Å². The van der Waals surface area contributed by atoms with Gasteiger partial charge in [0.25, 0.3) is 11.8 Å². The van der Waals surface area contributed by atoms with Gasteiger partial charge in [0.1, 0.15) is 6.04 Å². The minimum atomic E-state index is -0.944. The van der Waals surface area contributed by atoms with Crippen molar-refractivity contribution < 1.29 is 23.9 Å². The number of hydrogen-bond acceptors (Lipinski definition) is 7. The van der Waals surface area contributed by atoms with Crippen LogP contribution in [0.25, 0.3) is 0 Å². The Kier molecular flexibility index (Phi) is 5.70. The van der Waals surface area contributed by atoms with E-state index in [2.05, 4.69) is 15.1 Å². The van der Waals surface area contributed by atoms with Gasteiger partial charge in [0, 0.05) is 50.9 Å². The van der Waals surface area contributed by atoms with Gasteiger partial charge in [0.05, 0.1) is 17.2 Å². The summed E-state index contributed by atoms with van der Waals surface area (Å²) >= 11 is 0. The minimum Gasteiger partial charge on any atom is -0.376 e. The average molecular weight is 455 g/mol. The molecule has 0 bridgehead atoms. The highest BCUT2D eigenvalue weighted by Crippen LogP contribution is 2.36. The summed E-state index contributed by atoms with van der Waals surface area (Å²) < 4.78 is 5.72. The molecule has 4 aliphatic rings. The number of ether oxygens (including phenoxy) is 1. The first kappa shape index (κ1) is 22.0. The maximum Gasteiger partial charge on any atom is 0.262 e. The Morgan fingerprint density at radius 3 is 2.55 bits per heavy atom. The Bertz CT molecular complexity index is 1000. The number of benzene rings is 1. The third-order valence-corrected chi connectivity index (χ3v) is 7.52. The predicted octanol–water partition coefficient (Wildman–Crippen LogP) is 1.17. The second kappa shape index (κ2) is 8.53. The molecule has 0 aromatic heterocycles. The summed E-state index contributed by atoms with van der Waals surface area (Å²) in [5.41, 5.74) is 1.52. The molecule has 3 heterocycles. The molecule has 4 amide bonds. The lowest BCUT2D eigenvalue weighted by Gasteiger charge is -2.46. The smallest absolute Gasteiger partial charge is 0.262 e. The van der Waals surface area contributed by atoms with Crippen LogP contribution in [0.5, 0.6) is 0 Å². The Morgan fingerprint density at radius 1 is 1.06 bits per heavy atom. The van der Waals surface area contributed by atoms with Gasteiger partial charge in [-0.2, -0.15) is 0 Å². The maximum atomic E-state index is 13.2. The summed E-state index contributed by atoms with van der Waals surface area (Å²) in [6.07, 6.45) is 3.96. The van der Waals surface area contributed by atoms with Crippen LogP contribution in [0.2, 0.25) is 0 Å². The molecular weight excluding hydrogens is 424 g/mol. The zero-order valence-electron chi connectivity index (χ0n) is 19.1. The molecule has 1 aromatic carbocycles. The highest BCUT2D eigenvalue weighted by Gasteiger charge is 2.45. The van der Waals surface area contributed by atoms with Crippen molar-refractivity contribution in [2.45, 2.75) is 63.3 Å². The van der Waals surface area contributed by atoms with Gasteiger partial charge in [0.15, 0.2) is 0 Å². The Hall–Kier alpha value is -2.78. The molecule has 9 heteroatoms. The molecule has 33 heavy (non-hydrogen) atoms. The van der Waals surface area contributed by atoms with Crippen molar-refractivity contribution in [3.05, 3.63) is 29.3 Å². The molecule has 176 valence electrons. The number of fused-ring (bicyclic) bond motifs is 1. The summed E-state index contributed by atoms with van der Waals surface area (Å²) in [4.78, 5) is 55.6. The van der Waals surface area contributed by atoms with Crippen LogP contribution < -0.4 is 10.2 Å². The van der Waals surface area contributed by atoms with Gasteiger partial charge in [-0.1, -0.05) is 0 Å². The number of amides is 4. The number of imide groups is 2. The van der Waals surface area contributed by atoms with Crippen molar-refractivity contribution in [2.24, 2.45) is 0 Å². The number of likely N-dealkylation sites (N-methyl/N-ethyl adjacent to an activating group) is 1. The molecule has 3 fully saturated rings. The predicted molar refractivity (Wildman–Crippen MR) is 120 cm³/mol. The van der Waals surface area contributed by atoms with Gasteiger partial charge < -0.3 is 9.64 Å². The zero-order valence-corrected chi connectivity index (χ0v) is 19.1. The van der Waals surface area contributed by atoms with Crippen LogP contribution in [0.4, 0.5) is 5.69 Å². The fraction of sp³-hybridized carbons (Fsp3) is 0.583. The summed E-state index contributed by atoms with van der Waals surface area (Å²) in [5, 5.41) is 2.23. The van der Waals surface area contributed by atoms with E-state index in [0.29, 0.717) is 29.3 Å². The van der Waals surface area contributed by atoms with E-state index in [0.717, 1.165) is 49.5 Å². The summed E-state index contributed by atoms with van der Waals surface area (Å²) in [7, 11) is 2.05. The number of piperidine rings is 1. The first-order valence-corrected chi connectivity index (χ1v) is 11.8. The standard InChI is InChI=1S/C24H30N4O5/c1-3-33-15-12-27(13-15)19-6-4-5-18(19)26(2)14-7-8-16-17(11-14)24(32)28(23(16)31)20-9-10-21(29)25-22(20)30/h7-8,11,15,18-20H,3-6,9-10,12-13H2,1-2H3,(H,25,29,30)/t18-,19+,20?/m0/s1. The second-order valence-corrected chi connectivity index (χ2v) is 9.38. The lowest BCUT2D eigenvalue weighted by atomic mass is 10.0. The minimum absolute atomic E-state index is 0.113. The van der Waals surface area contributed by atoms with Crippen molar-refractivity contribution in [1.29, 1.82) is 0 Å². The van der Waals surface area contributed by atoms with E-state index in [1.807, 2.05) is 20.0 Å². The maximum absolute atomic E-state index is 13.2. The third kappa shape index (κ3) is 3.73. The van der Waals surface area contributed by atoms with Gasteiger partial charge >= 0.3 is 0 Å². The number of anilines is 1.